The Kier molecular flexibility index (Phi) is 3.83. The standard InChI is InChI=1S/C15H20N2S/c1-9-5-11(3)14(6-10(9)2)15(16)7-13-8-18-12(4)17-13/h5-6,8,15H,7,16H2,1-4H3. The van der Waals surface area contributed by atoms with Gasteiger partial charge in [-0.15, -0.1) is 11.3 Å². The fourth-order valence-electron chi connectivity index (χ4n) is 2.22. The number of aromatic nitrogens is 1. The highest BCUT2D eigenvalue weighted by Gasteiger charge is 2.12. The Morgan fingerprint density at radius 3 is 2.39 bits per heavy atom. The van der Waals surface area contributed by atoms with Crippen molar-refractivity contribution in [3.8, 4) is 0 Å². The molecule has 0 aliphatic rings. The van der Waals surface area contributed by atoms with Gasteiger partial charge in [0.2, 0.25) is 0 Å². The molecule has 0 saturated heterocycles. The molecule has 0 bridgehead atoms. The van der Waals surface area contributed by atoms with Gasteiger partial charge in [0, 0.05) is 17.8 Å². The zero-order valence-corrected chi connectivity index (χ0v) is 12.3. The Hall–Kier alpha value is -1.19. The third-order valence-corrected chi connectivity index (χ3v) is 4.20. The summed E-state index contributed by atoms with van der Waals surface area (Å²) in [5.41, 5.74) is 12.6. The Bertz CT molecular complexity index is 558. The molecule has 0 amide bonds. The number of aryl methyl sites for hydroxylation is 4. The van der Waals surface area contributed by atoms with Gasteiger partial charge in [-0.1, -0.05) is 12.1 Å². The number of rotatable bonds is 3. The van der Waals surface area contributed by atoms with Gasteiger partial charge in [-0.25, -0.2) is 4.98 Å². The van der Waals surface area contributed by atoms with Crippen LogP contribution in [0.4, 0.5) is 0 Å². The minimum absolute atomic E-state index is 0.0331. The lowest BCUT2D eigenvalue weighted by molar-refractivity contribution is 0.703. The quantitative estimate of drug-likeness (QED) is 0.915. The molecule has 96 valence electrons. The average Bonchev–Trinajstić information content (AvgIpc) is 2.69. The van der Waals surface area contributed by atoms with Gasteiger partial charge in [0.05, 0.1) is 10.7 Å². The van der Waals surface area contributed by atoms with Gasteiger partial charge in [-0.05, 0) is 49.9 Å². The summed E-state index contributed by atoms with van der Waals surface area (Å²) in [7, 11) is 0. The fourth-order valence-corrected chi connectivity index (χ4v) is 2.85. The number of nitrogens with two attached hydrogens (primary N) is 1. The largest absolute Gasteiger partial charge is 0.324 e. The number of thiazole rings is 1. The van der Waals surface area contributed by atoms with Gasteiger partial charge in [0.1, 0.15) is 0 Å². The molecule has 1 heterocycles. The van der Waals surface area contributed by atoms with Crippen LogP contribution in [0.2, 0.25) is 0 Å². The summed E-state index contributed by atoms with van der Waals surface area (Å²) < 4.78 is 0. The first kappa shape index (κ1) is 13.2. The second kappa shape index (κ2) is 5.21. The summed E-state index contributed by atoms with van der Waals surface area (Å²) in [4.78, 5) is 4.48. The number of nitrogens with zero attached hydrogens (tertiary/aromatic N) is 1. The zero-order valence-electron chi connectivity index (χ0n) is 11.4. The molecule has 1 unspecified atom stereocenters. The van der Waals surface area contributed by atoms with Crippen LogP contribution in [-0.4, -0.2) is 4.98 Å². The minimum Gasteiger partial charge on any atom is -0.324 e. The maximum absolute atomic E-state index is 6.32. The SMILES string of the molecule is Cc1nc(CC(N)c2cc(C)c(C)cc2C)cs1. The van der Waals surface area contributed by atoms with Crippen molar-refractivity contribution in [3.63, 3.8) is 0 Å². The highest BCUT2D eigenvalue weighted by molar-refractivity contribution is 7.09. The predicted molar refractivity (Wildman–Crippen MR) is 78.1 cm³/mol. The topological polar surface area (TPSA) is 38.9 Å². The first-order chi connectivity index (χ1) is 8.47. The van der Waals surface area contributed by atoms with Crippen LogP contribution < -0.4 is 5.73 Å². The van der Waals surface area contributed by atoms with E-state index in [0.717, 1.165) is 17.1 Å². The van der Waals surface area contributed by atoms with E-state index in [2.05, 4.69) is 43.3 Å². The predicted octanol–water partition coefficient (Wildman–Crippen LogP) is 3.62. The van der Waals surface area contributed by atoms with Crippen LogP contribution in [0.1, 0.15) is 39.0 Å². The molecule has 0 radical (unpaired) electrons. The lowest BCUT2D eigenvalue weighted by Crippen LogP contribution is -2.15. The monoisotopic (exact) mass is 260 g/mol. The van der Waals surface area contributed by atoms with Gasteiger partial charge in [-0.3, -0.25) is 0 Å². The van der Waals surface area contributed by atoms with E-state index < -0.39 is 0 Å². The molecule has 1 atom stereocenters. The van der Waals surface area contributed by atoms with Crippen molar-refractivity contribution in [2.24, 2.45) is 5.73 Å². The van der Waals surface area contributed by atoms with Gasteiger partial charge in [0.15, 0.2) is 0 Å². The second-order valence-electron chi connectivity index (χ2n) is 4.96. The Balaban J connectivity index is 2.23. The van der Waals surface area contributed by atoms with E-state index in [0.29, 0.717) is 0 Å². The molecule has 2 aromatic rings. The maximum Gasteiger partial charge on any atom is 0.0897 e. The van der Waals surface area contributed by atoms with E-state index in [-0.39, 0.29) is 6.04 Å². The van der Waals surface area contributed by atoms with Crippen LogP contribution in [0.25, 0.3) is 0 Å². The molecule has 2 rings (SSSR count). The Morgan fingerprint density at radius 1 is 1.11 bits per heavy atom. The van der Waals surface area contributed by atoms with Crippen molar-refractivity contribution in [1.82, 2.24) is 4.98 Å². The smallest absolute Gasteiger partial charge is 0.0897 e. The van der Waals surface area contributed by atoms with Gasteiger partial charge < -0.3 is 5.73 Å². The maximum atomic E-state index is 6.32. The first-order valence-electron chi connectivity index (χ1n) is 6.21. The van der Waals surface area contributed by atoms with Crippen molar-refractivity contribution < 1.29 is 0 Å². The molecule has 1 aromatic carbocycles. The fraction of sp³-hybridized carbons (Fsp3) is 0.400. The molecule has 18 heavy (non-hydrogen) atoms. The molecule has 2 N–H and O–H groups in total. The zero-order chi connectivity index (χ0) is 13.3. The van der Waals surface area contributed by atoms with Gasteiger partial charge >= 0.3 is 0 Å². The van der Waals surface area contributed by atoms with Crippen molar-refractivity contribution in [2.75, 3.05) is 0 Å². The van der Waals surface area contributed by atoms with E-state index in [1.165, 1.54) is 22.3 Å². The summed E-state index contributed by atoms with van der Waals surface area (Å²) in [5.74, 6) is 0. The summed E-state index contributed by atoms with van der Waals surface area (Å²) in [6.07, 6.45) is 0.813. The summed E-state index contributed by atoms with van der Waals surface area (Å²) in [5, 5.41) is 3.21. The Morgan fingerprint density at radius 2 is 1.78 bits per heavy atom. The van der Waals surface area contributed by atoms with E-state index >= 15 is 0 Å². The third kappa shape index (κ3) is 2.79. The molecule has 0 saturated carbocycles. The highest BCUT2D eigenvalue weighted by atomic mass is 32.1. The van der Waals surface area contributed by atoms with E-state index in [1.807, 2.05) is 6.92 Å². The minimum atomic E-state index is 0.0331. The summed E-state index contributed by atoms with van der Waals surface area (Å²) in [6.45, 7) is 8.44. The molecule has 0 aliphatic heterocycles. The molecular formula is C15H20N2S. The van der Waals surface area contributed by atoms with Crippen LogP contribution in [0.15, 0.2) is 17.5 Å². The number of hydrogen-bond donors (Lipinski definition) is 1. The van der Waals surface area contributed by atoms with Crippen LogP contribution in [0.3, 0.4) is 0 Å². The molecule has 0 fully saturated rings. The molecule has 3 heteroatoms. The average molecular weight is 260 g/mol. The molecule has 2 nitrogen and oxygen atoms in total. The van der Waals surface area contributed by atoms with Crippen LogP contribution in [-0.2, 0) is 6.42 Å². The molecule has 1 aromatic heterocycles. The normalized spacial score (nSPS) is 12.7. The van der Waals surface area contributed by atoms with Gasteiger partial charge in [-0.2, -0.15) is 0 Å². The molecule has 0 spiro atoms. The van der Waals surface area contributed by atoms with Crippen molar-refractivity contribution in [2.45, 2.75) is 40.2 Å². The van der Waals surface area contributed by atoms with E-state index in [9.17, 15) is 0 Å². The van der Waals surface area contributed by atoms with Crippen LogP contribution in [0, 0.1) is 27.7 Å². The third-order valence-electron chi connectivity index (χ3n) is 3.38. The summed E-state index contributed by atoms with van der Waals surface area (Å²) in [6, 6.07) is 4.47. The van der Waals surface area contributed by atoms with Crippen molar-refractivity contribution >= 4 is 11.3 Å². The number of hydrogen-bond acceptors (Lipinski definition) is 3. The van der Waals surface area contributed by atoms with E-state index in [1.54, 1.807) is 11.3 Å². The van der Waals surface area contributed by atoms with Crippen LogP contribution >= 0.6 is 11.3 Å². The molecular weight excluding hydrogens is 240 g/mol. The lowest BCUT2D eigenvalue weighted by atomic mass is 9.94. The van der Waals surface area contributed by atoms with Crippen molar-refractivity contribution in [3.05, 3.63) is 50.5 Å². The Labute approximate surface area is 113 Å². The lowest BCUT2D eigenvalue weighted by Gasteiger charge is -2.16. The van der Waals surface area contributed by atoms with Gasteiger partial charge in [0.25, 0.3) is 0 Å². The molecule has 0 aliphatic carbocycles. The number of benzene rings is 1. The van der Waals surface area contributed by atoms with Crippen LogP contribution in [0.5, 0.6) is 0 Å². The summed E-state index contributed by atoms with van der Waals surface area (Å²) >= 11 is 1.68. The van der Waals surface area contributed by atoms with E-state index in [4.69, 9.17) is 5.73 Å². The van der Waals surface area contributed by atoms with Crippen molar-refractivity contribution in [1.29, 1.82) is 0 Å². The second-order valence-corrected chi connectivity index (χ2v) is 6.02. The first-order valence-corrected chi connectivity index (χ1v) is 7.09. The highest BCUT2D eigenvalue weighted by Crippen LogP contribution is 2.23.